The third-order valence-electron chi connectivity index (χ3n) is 3.53. The molecule has 0 fully saturated rings. The summed E-state index contributed by atoms with van der Waals surface area (Å²) in [5, 5.41) is 6.25. The van der Waals surface area contributed by atoms with Gasteiger partial charge in [-0.1, -0.05) is 24.3 Å². The zero-order valence-electron chi connectivity index (χ0n) is 14.4. The van der Waals surface area contributed by atoms with Crippen molar-refractivity contribution in [3.63, 3.8) is 0 Å². The topological polar surface area (TPSA) is 54.9 Å². The highest BCUT2D eigenvalue weighted by Gasteiger charge is 2.09. The average Bonchev–Trinajstić information content (AvgIpc) is 2.62. The lowest BCUT2D eigenvalue weighted by molar-refractivity contribution is -0.0504. The van der Waals surface area contributed by atoms with Gasteiger partial charge in [-0.15, -0.1) is 0 Å². The van der Waals surface area contributed by atoms with Crippen molar-refractivity contribution in [2.75, 3.05) is 14.2 Å². The van der Waals surface area contributed by atoms with Crippen molar-refractivity contribution in [1.82, 2.24) is 10.6 Å². The average molecular weight is 428 g/mol. The van der Waals surface area contributed by atoms with Gasteiger partial charge in [0.05, 0.1) is 11.6 Å². The van der Waals surface area contributed by atoms with Gasteiger partial charge in [0, 0.05) is 25.7 Å². The minimum Gasteiger partial charge on any atom is -0.496 e. The van der Waals surface area contributed by atoms with Crippen molar-refractivity contribution in [2.24, 2.45) is 4.99 Å². The number of hydrogen-bond acceptors (Lipinski definition) is 3. The van der Waals surface area contributed by atoms with E-state index in [0.29, 0.717) is 24.6 Å². The molecule has 8 heteroatoms. The molecule has 0 aliphatic heterocycles. The van der Waals surface area contributed by atoms with Crippen molar-refractivity contribution in [2.45, 2.75) is 19.7 Å². The van der Waals surface area contributed by atoms with Crippen LogP contribution in [0.2, 0.25) is 0 Å². The number of alkyl halides is 2. The van der Waals surface area contributed by atoms with Gasteiger partial charge in [-0.05, 0) is 39.7 Å². The number of methoxy groups -OCH3 is 1. The van der Waals surface area contributed by atoms with E-state index in [2.05, 4.69) is 36.3 Å². The van der Waals surface area contributed by atoms with Gasteiger partial charge in [-0.2, -0.15) is 8.78 Å². The van der Waals surface area contributed by atoms with Gasteiger partial charge in [0.25, 0.3) is 0 Å². The molecule has 2 rings (SSSR count). The van der Waals surface area contributed by atoms with Crippen molar-refractivity contribution < 1.29 is 18.3 Å². The second-order valence-corrected chi connectivity index (χ2v) is 6.09. The number of ether oxygens (including phenoxy) is 2. The summed E-state index contributed by atoms with van der Waals surface area (Å²) in [5.74, 6) is 1.44. The largest absolute Gasteiger partial charge is 0.496 e. The molecule has 0 spiro atoms. The fraction of sp³-hybridized carbons (Fsp3) is 0.278. The van der Waals surface area contributed by atoms with Crippen LogP contribution in [0.25, 0.3) is 0 Å². The number of nitrogens with zero attached hydrogens (tertiary/aromatic N) is 1. The van der Waals surface area contributed by atoms with Crippen LogP contribution in [0.4, 0.5) is 8.78 Å². The maximum Gasteiger partial charge on any atom is 0.387 e. The molecule has 5 nitrogen and oxygen atoms in total. The smallest absolute Gasteiger partial charge is 0.387 e. The van der Waals surface area contributed by atoms with Gasteiger partial charge in [0.15, 0.2) is 5.96 Å². The number of para-hydroxylation sites is 1. The Hall–Kier alpha value is -2.35. The first-order chi connectivity index (χ1) is 12.5. The Bertz CT molecular complexity index is 757. The standard InChI is InChI=1S/C18H20BrF2N3O2/c1-22-18(23-10-12-7-8-16(25-2)14(19)9-12)24-11-13-5-3-4-6-15(13)26-17(20)21/h3-9,17H,10-11H2,1-2H3,(H2,22,23,24). The van der Waals surface area contributed by atoms with Crippen molar-refractivity contribution in [3.8, 4) is 11.5 Å². The molecule has 2 aromatic rings. The minimum atomic E-state index is -2.86. The zero-order valence-corrected chi connectivity index (χ0v) is 16.0. The highest BCUT2D eigenvalue weighted by atomic mass is 79.9. The molecular weight excluding hydrogens is 408 g/mol. The summed E-state index contributed by atoms with van der Waals surface area (Å²) in [4.78, 5) is 4.13. The summed E-state index contributed by atoms with van der Waals surface area (Å²) in [6.45, 7) is -2.02. The predicted octanol–water partition coefficient (Wildman–Crippen LogP) is 3.92. The number of aliphatic imine (C=N–C) groups is 1. The van der Waals surface area contributed by atoms with E-state index in [1.54, 1.807) is 32.4 Å². The van der Waals surface area contributed by atoms with Gasteiger partial charge in [-0.3, -0.25) is 4.99 Å². The second-order valence-electron chi connectivity index (χ2n) is 5.23. The molecule has 0 aromatic heterocycles. The number of benzene rings is 2. The molecule has 0 aliphatic rings. The Kier molecular flexibility index (Phi) is 7.65. The fourth-order valence-electron chi connectivity index (χ4n) is 2.27. The van der Waals surface area contributed by atoms with E-state index in [1.165, 1.54) is 6.07 Å². The van der Waals surface area contributed by atoms with Gasteiger partial charge < -0.3 is 20.1 Å². The van der Waals surface area contributed by atoms with Crippen LogP contribution in [0.15, 0.2) is 51.9 Å². The Morgan fingerprint density at radius 2 is 1.85 bits per heavy atom. The molecule has 0 aliphatic carbocycles. The van der Waals surface area contributed by atoms with Crippen molar-refractivity contribution >= 4 is 21.9 Å². The number of nitrogens with one attached hydrogen (secondary N) is 2. The van der Waals surface area contributed by atoms with E-state index in [1.807, 2.05) is 18.2 Å². The minimum absolute atomic E-state index is 0.143. The molecule has 0 amide bonds. The summed E-state index contributed by atoms with van der Waals surface area (Å²) in [6, 6.07) is 12.4. The molecule has 0 atom stereocenters. The van der Waals surface area contributed by atoms with Crippen LogP contribution in [0.3, 0.4) is 0 Å². The van der Waals surface area contributed by atoms with Gasteiger partial charge >= 0.3 is 6.61 Å². The van der Waals surface area contributed by atoms with Crippen molar-refractivity contribution in [1.29, 1.82) is 0 Å². The molecule has 0 unspecified atom stereocenters. The van der Waals surface area contributed by atoms with E-state index >= 15 is 0 Å². The quantitative estimate of drug-likeness (QED) is 0.519. The Balaban J connectivity index is 1.93. The third kappa shape index (κ3) is 5.87. The summed E-state index contributed by atoms with van der Waals surface area (Å²) < 4.78 is 35.5. The maximum absolute atomic E-state index is 12.5. The SMILES string of the molecule is CN=C(NCc1ccc(OC)c(Br)c1)NCc1ccccc1OC(F)F. The molecule has 0 saturated carbocycles. The zero-order chi connectivity index (χ0) is 18.9. The van der Waals surface area contributed by atoms with Gasteiger partial charge in [-0.25, -0.2) is 0 Å². The Morgan fingerprint density at radius 3 is 2.50 bits per heavy atom. The van der Waals surface area contributed by atoms with Crippen molar-refractivity contribution in [3.05, 3.63) is 58.1 Å². The third-order valence-corrected chi connectivity index (χ3v) is 4.15. The lowest BCUT2D eigenvalue weighted by atomic mass is 10.2. The number of hydrogen-bond donors (Lipinski definition) is 2. The lowest BCUT2D eigenvalue weighted by Gasteiger charge is -2.15. The molecule has 26 heavy (non-hydrogen) atoms. The molecule has 0 saturated heterocycles. The van der Waals surface area contributed by atoms with Crippen LogP contribution in [-0.4, -0.2) is 26.7 Å². The summed E-state index contributed by atoms with van der Waals surface area (Å²) in [6.07, 6.45) is 0. The number of rotatable bonds is 7. The molecule has 140 valence electrons. The highest BCUT2D eigenvalue weighted by Crippen LogP contribution is 2.25. The normalized spacial score (nSPS) is 11.4. The monoisotopic (exact) mass is 427 g/mol. The molecule has 0 heterocycles. The molecule has 0 radical (unpaired) electrons. The number of halogens is 3. The molecule has 0 bridgehead atoms. The van der Waals surface area contributed by atoms with Gasteiger partial charge in [0.2, 0.25) is 0 Å². The summed E-state index contributed by atoms with van der Waals surface area (Å²) >= 11 is 3.45. The van der Waals surface area contributed by atoms with E-state index in [-0.39, 0.29) is 5.75 Å². The van der Waals surface area contributed by atoms with Crippen LogP contribution < -0.4 is 20.1 Å². The van der Waals surface area contributed by atoms with E-state index < -0.39 is 6.61 Å². The first-order valence-corrected chi connectivity index (χ1v) is 8.62. The van der Waals surface area contributed by atoms with Crippen LogP contribution >= 0.6 is 15.9 Å². The summed E-state index contributed by atoms with van der Waals surface area (Å²) in [5.41, 5.74) is 1.64. The highest BCUT2D eigenvalue weighted by molar-refractivity contribution is 9.10. The number of guanidine groups is 1. The van der Waals surface area contributed by atoms with E-state index in [9.17, 15) is 8.78 Å². The lowest BCUT2D eigenvalue weighted by Crippen LogP contribution is -2.36. The molecule has 2 N–H and O–H groups in total. The second kappa shape index (κ2) is 9.96. The Morgan fingerprint density at radius 1 is 1.12 bits per heavy atom. The first-order valence-electron chi connectivity index (χ1n) is 7.83. The predicted molar refractivity (Wildman–Crippen MR) is 101 cm³/mol. The van der Waals surface area contributed by atoms with E-state index in [4.69, 9.17) is 4.74 Å². The van der Waals surface area contributed by atoms with Crippen LogP contribution in [-0.2, 0) is 13.1 Å². The van der Waals surface area contributed by atoms with Crippen LogP contribution in [0.1, 0.15) is 11.1 Å². The fourth-order valence-corrected chi connectivity index (χ4v) is 2.85. The first kappa shape index (κ1) is 20.0. The van der Waals surface area contributed by atoms with Gasteiger partial charge in [0.1, 0.15) is 11.5 Å². The Labute approximate surface area is 159 Å². The maximum atomic E-state index is 12.5. The molecule has 2 aromatic carbocycles. The molecular formula is C18H20BrF2N3O2. The van der Waals surface area contributed by atoms with Crippen LogP contribution in [0, 0.1) is 0 Å². The van der Waals surface area contributed by atoms with Crippen LogP contribution in [0.5, 0.6) is 11.5 Å². The van der Waals surface area contributed by atoms with E-state index in [0.717, 1.165) is 15.8 Å². The summed E-state index contributed by atoms with van der Waals surface area (Å²) in [7, 11) is 3.25.